The van der Waals surface area contributed by atoms with Crippen molar-refractivity contribution in [2.75, 3.05) is 11.1 Å². The molecule has 0 bridgehead atoms. The molecule has 1 aromatic heterocycles. The van der Waals surface area contributed by atoms with Crippen molar-refractivity contribution in [3.05, 3.63) is 67.9 Å². The molecule has 0 fully saturated rings. The minimum atomic E-state index is -0.236. The van der Waals surface area contributed by atoms with Crippen molar-refractivity contribution in [1.82, 2.24) is 14.8 Å². The molecule has 1 heterocycles. The summed E-state index contributed by atoms with van der Waals surface area (Å²) in [7, 11) is 0. The summed E-state index contributed by atoms with van der Waals surface area (Å²) in [5.41, 5.74) is 1.49. The molecule has 1 N–H and O–H groups in total. The number of hydrogen-bond acceptors (Lipinski definition) is 4. The van der Waals surface area contributed by atoms with Gasteiger partial charge in [-0.1, -0.05) is 70.3 Å². The van der Waals surface area contributed by atoms with Gasteiger partial charge in [0.2, 0.25) is 5.91 Å². The molecule has 10 heteroatoms. The second-order valence-electron chi connectivity index (χ2n) is 6.03. The fraction of sp³-hybridized carbons (Fsp3) is 0.211. The smallest absolute Gasteiger partial charge is 0.234 e. The quantitative estimate of drug-likeness (QED) is 0.315. The van der Waals surface area contributed by atoms with E-state index in [1.807, 2.05) is 35.8 Å². The Hall–Kier alpha value is -1.44. The van der Waals surface area contributed by atoms with E-state index in [1.165, 1.54) is 23.9 Å². The molecule has 0 atom stereocenters. The Balaban J connectivity index is 1.64. The van der Waals surface area contributed by atoms with Crippen LogP contribution in [0.3, 0.4) is 0 Å². The number of nitrogens with one attached hydrogen (secondary N) is 1. The number of amides is 1. The Kier molecular flexibility index (Phi) is 7.71. The van der Waals surface area contributed by atoms with Gasteiger partial charge in [0.05, 0.1) is 26.5 Å². The van der Waals surface area contributed by atoms with Crippen LogP contribution in [0.4, 0.5) is 5.69 Å². The molecule has 0 unspecified atom stereocenters. The normalized spacial score (nSPS) is 10.9. The van der Waals surface area contributed by atoms with Gasteiger partial charge >= 0.3 is 0 Å². The van der Waals surface area contributed by atoms with Crippen LogP contribution >= 0.6 is 58.2 Å². The van der Waals surface area contributed by atoms with Gasteiger partial charge in [-0.2, -0.15) is 0 Å². The Labute approximate surface area is 192 Å². The van der Waals surface area contributed by atoms with E-state index in [2.05, 4.69) is 15.5 Å². The lowest BCUT2D eigenvalue weighted by atomic mass is 10.1. The van der Waals surface area contributed by atoms with Gasteiger partial charge in [-0.25, -0.2) is 0 Å². The highest BCUT2D eigenvalue weighted by atomic mass is 35.5. The summed E-state index contributed by atoms with van der Waals surface area (Å²) < 4.78 is 1.98. The first kappa shape index (κ1) is 22.2. The molecule has 0 saturated heterocycles. The molecule has 3 rings (SSSR count). The number of halogens is 4. The molecular weight excluding hydrogens is 474 g/mol. The highest BCUT2D eigenvalue weighted by Crippen LogP contribution is 2.32. The van der Waals surface area contributed by atoms with Gasteiger partial charge < -0.3 is 9.88 Å². The van der Waals surface area contributed by atoms with Gasteiger partial charge in [-0.05, 0) is 36.8 Å². The topological polar surface area (TPSA) is 59.8 Å². The van der Waals surface area contributed by atoms with Crippen molar-refractivity contribution >= 4 is 69.8 Å². The van der Waals surface area contributed by atoms with Crippen molar-refractivity contribution in [1.29, 1.82) is 0 Å². The summed E-state index contributed by atoms with van der Waals surface area (Å²) in [6.07, 6.45) is 0.629. The van der Waals surface area contributed by atoms with E-state index < -0.39 is 0 Å². The summed E-state index contributed by atoms with van der Waals surface area (Å²) in [5, 5.41) is 13.6. The number of rotatable bonds is 7. The third kappa shape index (κ3) is 5.80. The molecule has 3 aromatic rings. The zero-order valence-corrected chi connectivity index (χ0v) is 19.1. The summed E-state index contributed by atoms with van der Waals surface area (Å²) in [4.78, 5) is 12.3. The highest BCUT2D eigenvalue weighted by Gasteiger charge is 2.15. The molecular formula is C19H16Cl4N4OS. The maximum absolute atomic E-state index is 12.3. The summed E-state index contributed by atoms with van der Waals surface area (Å²) in [6.45, 7) is 2.70. The maximum atomic E-state index is 12.3. The Bertz CT molecular complexity index is 1020. The first-order valence-electron chi connectivity index (χ1n) is 8.61. The van der Waals surface area contributed by atoms with E-state index >= 15 is 0 Å². The third-order valence-corrected chi connectivity index (χ3v) is 6.26. The van der Waals surface area contributed by atoms with Gasteiger partial charge in [-0.3, -0.25) is 4.79 Å². The minimum Gasteiger partial charge on any atom is -0.324 e. The van der Waals surface area contributed by atoms with Crippen LogP contribution in [0.1, 0.15) is 18.3 Å². The van der Waals surface area contributed by atoms with E-state index in [-0.39, 0.29) is 11.7 Å². The lowest BCUT2D eigenvalue weighted by molar-refractivity contribution is -0.113. The van der Waals surface area contributed by atoms with Crippen molar-refractivity contribution in [3.63, 3.8) is 0 Å². The van der Waals surface area contributed by atoms with Gasteiger partial charge in [0, 0.05) is 18.0 Å². The highest BCUT2D eigenvalue weighted by molar-refractivity contribution is 7.99. The summed E-state index contributed by atoms with van der Waals surface area (Å²) in [6, 6.07) is 10.6. The van der Waals surface area contributed by atoms with E-state index in [9.17, 15) is 4.79 Å². The lowest BCUT2D eigenvalue weighted by Gasteiger charge is -2.09. The first-order valence-corrected chi connectivity index (χ1v) is 11.1. The fourth-order valence-corrected chi connectivity index (χ4v) is 4.14. The van der Waals surface area contributed by atoms with Gasteiger partial charge in [-0.15, -0.1) is 10.2 Å². The van der Waals surface area contributed by atoms with Crippen molar-refractivity contribution < 1.29 is 4.79 Å². The predicted molar refractivity (Wildman–Crippen MR) is 121 cm³/mol. The second-order valence-corrected chi connectivity index (χ2v) is 8.63. The van der Waals surface area contributed by atoms with Crippen LogP contribution in [0, 0.1) is 0 Å². The molecule has 5 nitrogen and oxygen atoms in total. The van der Waals surface area contributed by atoms with E-state index in [1.54, 1.807) is 0 Å². The first-order chi connectivity index (χ1) is 13.9. The number of carbonyl (C=O) groups is 1. The zero-order chi connectivity index (χ0) is 21.0. The SMILES string of the molecule is CCn1c(Cc2ccc(Cl)cc2)nnc1SCC(=O)Nc1cc(Cl)c(Cl)cc1Cl. The molecule has 1 amide bonds. The van der Waals surface area contributed by atoms with Gasteiger partial charge in [0.25, 0.3) is 0 Å². The monoisotopic (exact) mass is 488 g/mol. The molecule has 0 aliphatic carbocycles. The van der Waals surface area contributed by atoms with Crippen molar-refractivity contribution in [2.45, 2.75) is 25.0 Å². The van der Waals surface area contributed by atoms with Crippen LogP contribution in [0.5, 0.6) is 0 Å². The summed E-state index contributed by atoms with van der Waals surface area (Å²) >= 11 is 25.2. The molecule has 2 aromatic carbocycles. The van der Waals surface area contributed by atoms with Gasteiger partial charge in [0.15, 0.2) is 5.16 Å². The van der Waals surface area contributed by atoms with Crippen molar-refractivity contribution in [2.24, 2.45) is 0 Å². The van der Waals surface area contributed by atoms with Crippen molar-refractivity contribution in [3.8, 4) is 0 Å². The Morgan fingerprint density at radius 1 is 1.03 bits per heavy atom. The molecule has 152 valence electrons. The lowest BCUT2D eigenvalue weighted by Crippen LogP contribution is -2.15. The molecule has 0 saturated carbocycles. The fourth-order valence-electron chi connectivity index (χ4n) is 2.59. The molecule has 0 aliphatic heterocycles. The maximum Gasteiger partial charge on any atom is 0.234 e. The van der Waals surface area contributed by atoms with Crippen LogP contribution in [0.15, 0.2) is 41.6 Å². The van der Waals surface area contributed by atoms with E-state index in [4.69, 9.17) is 46.4 Å². The minimum absolute atomic E-state index is 0.148. The standard InChI is InChI=1S/C19H16Cl4N4OS/c1-2-27-17(7-11-3-5-12(20)6-4-11)25-26-19(27)29-10-18(28)24-16-9-14(22)13(21)8-15(16)23/h3-6,8-9H,2,7,10H2,1H3,(H,24,28). The largest absolute Gasteiger partial charge is 0.324 e. The van der Waals surface area contributed by atoms with Crippen LogP contribution in [0.2, 0.25) is 20.1 Å². The summed E-state index contributed by atoms with van der Waals surface area (Å²) in [5.74, 6) is 0.737. The molecule has 0 radical (unpaired) electrons. The Morgan fingerprint density at radius 3 is 2.41 bits per heavy atom. The predicted octanol–water partition coefficient (Wildman–Crippen LogP) is 6.23. The molecule has 0 aliphatic rings. The van der Waals surface area contributed by atoms with Crippen LogP contribution in [0.25, 0.3) is 0 Å². The number of anilines is 1. The average molecular weight is 490 g/mol. The van der Waals surface area contributed by atoms with E-state index in [0.717, 1.165) is 11.4 Å². The number of carbonyl (C=O) groups excluding carboxylic acids is 1. The number of benzene rings is 2. The third-order valence-electron chi connectivity index (χ3n) is 4.00. The number of nitrogens with zero attached hydrogens (tertiary/aromatic N) is 3. The average Bonchev–Trinajstić information content (AvgIpc) is 3.07. The number of hydrogen-bond donors (Lipinski definition) is 1. The number of thioether (sulfide) groups is 1. The zero-order valence-electron chi connectivity index (χ0n) is 15.3. The van der Waals surface area contributed by atoms with Crippen LogP contribution < -0.4 is 5.32 Å². The molecule has 0 spiro atoms. The van der Waals surface area contributed by atoms with Gasteiger partial charge in [0.1, 0.15) is 5.82 Å². The second kappa shape index (κ2) is 10.0. The number of aromatic nitrogens is 3. The van der Waals surface area contributed by atoms with Crippen LogP contribution in [-0.2, 0) is 17.8 Å². The Morgan fingerprint density at radius 2 is 1.72 bits per heavy atom. The van der Waals surface area contributed by atoms with E-state index in [0.29, 0.717) is 43.9 Å². The molecule has 29 heavy (non-hydrogen) atoms. The van der Waals surface area contributed by atoms with Crippen LogP contribution in [-0.4, -0.2) is 26.4 Å².